The predicted molar refractivity (Wildman–Crippen MR) is 137 cm³/mol. The molecule has 0 radical (unpaired) electrons. The number of amides is 3. The number of halogens is 1. The summed E-state index contributed by atoms with van der Waals surface area (Å²) in [5.41, 5.74) is 2.93. The minimum Gasteiger partial charge on any atom is -0.350 e. The number of rotatable bonds is 8. The first-order valence-corrected chi connectivity index (χ1v) is 13.1. The second-order valence-corrected chi connectivity index (χ2v) is 11.9. The molecule has 1 aromatic carbocycles. The Morgan fingerprint density at radius 2 is 1.97 bits per heavy atom. The Kier molecular flexibility index (Phi) is 7.24. The lowest BCUT2D eigenvalue weighted by Crippen LogP contribution is -2.60. The second kappa shape index (κ2) is 9.89. The van der Waals surface area contributed by atoms with Crippen LogP contribution in [0.1, 0.15) is 50.8 Å². The van der Waals surface area contributed by atoms with Gasteiger partial charge in [0, 0.05) is 17.8 Å². The van der Waals surface area contributed by atoms with Gasteiger partial charge in [0.25, 0.3) is 5.91 Å². The van der Waals surface area contributed by atoms with Crippen molar-refractivity contribution < 1.29 is 18.8 Å². The number of aromatic nitrogens is 1. The lowest BCUT2D eigenvalue weighted by Gasteiger charge is -2.35. The third-order valence-electron chi connectivity index (χ3n) is 6.59. The van der Waals surface area contributed by atoms with Crippen LogP contribution in [-0.2, 0) is 20.9 Å². The quantitative estimate of drug-likeness (QED) is 0.467. The molecule has 2 heterocycles. The van der Waals surface area contributed by atoms with E-state index < -0.39 is 34.3 Å². The van der Waals surface area contributed by atoms with E-state index in [9.17, 15) is 18.8 Å². The van der Waals surface area contributed by atoms with Crippen molar-refractivity contribution >= 4 is 41.7 Å². The summed E-state index contributed by atoms with van der Waals surface area (Å²) in [6, 6.07) is 6.26. The molecule has 1 saturated carbocycles. The molecule has 2 N–H and O–H groups in total. The fraction of sp³-hybridized carbons (Fsp3) is 0.520. The largest absolute Gasteiger partial charge is 0.350 e. The highest BCUT2D eigenvalue weighted by Crippen LogP contribution is 2.40. The standard InChI is InChI=1S/C25H31FN4O3S2/c1-15-19(35-14-28-15)17-8-6-16(7-9-17)13-27-21(31)18-5-4-12-30(18)22(32)20(24(2,3)34)29-23(33)25(26)10-11-25/h6-9,14,18,20,34H,4-5,10-13H2,1-3H3,(H,27,31)(H,29,33)/t18-,20+/m0/s1. The second-order valence-electron chi connectivity index (χ2n) is 9.90. The highest BCUT2D eigenvalue weighted by atomic mass is 32.1. The Bertz CT molecular complexity index is 1110. The first-order chi connectivity index (χ1) is 16.5. The maximum Gasteiger partial charge on any atom is 0.258 e. The van der Waals surface area contributed by atoms with Gasteiger partial charge in [0.05, 0.1) is 16.1 Å². The number of hydrogen-bond donors (Lipinski definition) is 3. The summed E-state index contributed by atoms with van der Waals surface area (Å²) in [5.74, 6) is -1.44. The highest BCUT2D eigenvalue weighted by Gasteiger charge is 2.53. The number of benzene rings is 1. The number of thiazole rings is 1. The Balaban J connectivity index is 1.39. The summed E-state index contributed by atoms with van der Waals surface area (Å²) >= 11 is 6.08. The molecule has 7 nitrogen and oxygen atoms in total. The molecule has 0 spiro atoms. The number of carbonyl (C=O) groups is 3. The topological polar surface area (TPSA) is 91.4 Å². The van der Waals surface area contributed by atoms with Gasteiger partial charge in [-0.1, -0.05) is 24.3 Å². The van der Waals surface area contributed by atoms with Gasteiger partial charge in [-0.3, -0.25) is 14.4 Å². The maximum atomic E-state index is 14.2. The fourth-order valence-electron chi connectivity index (χ4n) is 4.27. The van der Waals surface area contributed by atoms with Gasteiger partial charge in [0.2, 0.25) is 11.8 Å². The van der Waals surface area contributed by atoms with Crippen LogP contribution in [0, 0.1) is 6.92 Å². The van der Waals surface area contributed by atoms with E-state index in [1.54, 1.807) is 25.2 Å². The van der Waals surface area contributed by atoms with Gasteiger partial charge in [0.15, 0.2) is 5.67 Å². The van der Waals surface area contributed by atoms with Gasteiger partial charge in [-0.25, -0.2) is 9.37 Å². The maximum absolute atomic E-state index is 14.2. The van der Waals surface area contributed by atoms with Crippen molar-refractivity contribution in [1.29, 1.82) is 0 Å². The van der Waals surface area contributed by atoms with Crippen molar-refractivity contribution in [3.05, 3.63) is 41.0 Å². The average Bonchev–Trinajstić information content (AvgIpc) is 3.20. The molecule has 10 heteroatoms. The van der Waals surface area contributed by atoms with Crippen LogP contribution in [0.25, 0.3) is 10.4 Å². The number of nitrogens with zero attached hydrogens (tertiary/aromatic N) is 2. The zero-order valence-electron chi connectivity index (χ0n) is 20.1. The summed E-state index contributed by atoms with van der Waals surface area (Å²) in [7, 11) is 0. The van der Waals surface area contributed by atoms with Gasteiger partial charge in [-0.15, -0.1) is 11.3 Å². The molecule has 0 bridgehead atoms. The van der Waals surface area contributed by atoms with E-state index >= 15 is 0 Å². The van der Waals surface area contributed by atoms with Crippen LogP contribution in [0.4, 0.5) is 4.39 Å². The van der Waals surface area contributed by atoms with Crippen LogP contribution >= 0.6 is 24.0 Å². The van der Waals surface area contributed by atoms with Crippen LogP contribution < -0.4 is 10.6 Å². The normalized spacial score (nSPS) is 19.8. The summed E-state index contributed by atoms with van der Waals surface area (Å²) in [6.45, 7) is 6.10. The van der Waals surface area contributed by atoms with Gasteiger partial charge < -0.3 is 15.5 Å². The van der Waals surface area contributed by atoms with E-state index in [1.165, 1.54) is 4.90 Å². The number of hydrogen-bond acceptors (Lipinski definition) is 6. The van der Waals surface area contributed by atoms with Crippen molar-refractivity contribution in [1.82, 2.24) is 20.5 Å². The zero-order chi connectivity index (χ0) is 25.4. The number of likely N-dealkylation sites (tertiary alicyclic amines) is 1. The molecule has 0 unspecified atom stereocenters. The summed E-state index contributed by atoms with van der Waals surface area (Å²) < 4.78 is 13.3. The van der Waals surface area contributed by atoms with E-state index in [2.05, 4.69) is 28.2 Å². The molecule has 1 saturated heterocycles. The zero-order valence-corrected chi connectivity index (χ0v) is 21.8. The monoisotopic (exact) mass is 518 g/mol. The molecule has 4 rings (SSSR count). The number of aryl methyl sites for hydroxylation is 1. The molecular formula is C25H31FN4O3S2. The minimum absolute atomic E-state index is 0.159. The predicted octanol–water partition coefficient (Wildman–Crippen LogP) is 3.42. The lowest BCUT2D eigenvalue weighted by molar-refractivity contribution is -0.142. The van der Waals surface area contributed by atoms with Gasteiger partial charge >= 0.3 is 0 Å². The molecule has 2 aliphatic rings. The van der Waals surface area contributed by atoms with E-state index in [-0.39, 0.29) is 18.7 Å². The third-order valence-corrected chi connectivity index (χ3v) is 7.83. The van der Waals surface area contributed by atoms with E-state index in [1.807, 2.05) is 36.7 Å². The van der Waals surface area contributed by atoms with Crippen molar-refractivity contribution in [3.63, 3.8) is 0 Å². The third kappa shape index (κ3) is 5.69. The summed E-state index contributed by atoms with van der Waals surface area (Å²) in [6.07, 6.45) is 1.52. The van der Waals surface area contributed by atoms with Crippen molar-refractivity contribution in [2.45, 2.75) is 75.5 Å². The van der Waals surface area contributed by atoms with Crippen LogP contribution in [0.15, 0.2) is 29.8 Å². The SMILES string of the molecule is Cc1ncsc1-c1ccc(CNC(=O)[C@@H]2CCCN2C(=O)[C@@H](NC(=O)C2(F)CC2)C(C)(C)S)cc1. The van der Waals surface area contributed by atoms with Gasteiger partial charge in [-0.05, 0) is 57.6 Å². The van der Waals surface area contributed by atoms with Crippen LogP contribution in [0.2, 0.25) is 0 Å². The Hall–Kier alpha value is -2.46. The molecular weight excluding hydrogens is 487 g/mol. The molecule has 35 heavy (non-hydrogen) atoms. The number of nitrogens with one attached hydrogen (secondary N) is 2. The Morgan fingerprint density at radius 1 is 1.29 bits per heavy atom. The lowest BCUT2D eigenvalue weighted by atomic mass is 10.0. The van der Waals surface area contributed by atoms with Crippen LogP contribution in [0.3, 0.4) is 0 Å². The van der Waals surface area contributed by atoms with E-state index in [0.29, 0.717) is 25.9 Å². The summed E-state index contributed by atoms with van der Waals surface area (Å²) in [4.78, 5) is 45.6. The van der Waals surface area contributed by atoms with E-state index in [4.69, 9.17) is 0 Å². The molecule has 1 aliphatic heterocycles. The molecule has 1 aromatic heterocycles. The first-order valence-electron chi connectivity index (χ1n) is 11.8. The first kappa shape index (κ1) is 25.6. The number of carbonyl (C=O) groups excluding carboxylic acids is 3. The number of alkyl halides is 1. The fourth-order valence-corrected chi connectivity index (χ4v) is 5.25. The van der Waals surface area contributed by atoms with Crippen molar-refractivity contribution in [3.8, 4) is 10.4 Å². The van der Waals surface area contributed by atoms with E-state index in [0.717, 1.165) is 21.7 Å². The van der Waals surface area contributed by atoms with Crippen LogP contribution in [0.5, 0.6) is 0 Å². The summed E-state index contributed by atoms with van der Waals surface area (Å²) in [5, 5.41) is 5.49. The minimum atomic E-state index is -1.90. The molecule has 2 aromatic rings. The van der Waals surface area contributed by atoms with Crippen molar-refractivity contribution in [2.75, 3.05) is 6.54 Å². The van der Waals surface area contributed by atoms with Gasteiger partial charge in [0.1, 0.15) is 12.1 Å². The Labute approximate surface area is 214 Å². The molecule has 2 atom stereocenters. The molecule has 2 fully saturated rings. The smallest absolute Gasteiger partial charge is 0.258 e. The average molecular weight is 519 g/mol. The molecule has 188 valence electrons. The van der Waals surface area contributed by atoms with Gasteiger partial charge in [-0.2, -0.15) is 12.6 Å². The molecule has 3 amide bonds. The Morgan fingerprint density at radius 3 is 2.54 bits per heavy atom. The number of thiol groups is 1. The van der Waals surface area contributed by atoms with Crippen LogP contribution in [-0.4, -0.2) is 56.6 Å². The highest BCUT2D eigenvalue weighted by molar-refractivity contribution is 7.81. The molecule has 1 aliphatic carbocycles. The van der Waals surface area contributed by atoms with Crippen molar-refractivity contribution in [2.24, 2.45) is 0 Å².